The molecule has 74 valence electrons. The standard InChI is InChI=1S/C4H8O2.C2H6O.CH2O2/c1-2-3-4(5)6;1-2-3;2-1-3/h2-3H2,1H3,(H,5,6);3H,2H2,1H3;1H,(H,2,3). The van der Waals surface area contributed by atoms with Crippen molar-refractivity contribution in [2.45, 2.75) is 26.7 Å². The number of rotatable bonds is 2. The van der Waals surface area contributed by atoms with E-state index in [1.807, 2.05) is 6.92 Å². The first-order valence-corrected chi connectivity index (χ1v) is 3.51. The molecular formula is C7H16O5. The van der Waals surface area contributed by atoms with Crippen molar-refractivity contribution in [3.63, 3.8) is 0 Å². The van der Waals surface area contributed by atoms with Gasteiger partial charge < -0.3 is 15.3 Å². The van der Waals surface area contributed by atoms with Crippen molar-refractivity contribution < 1.29 is 24.9 Å². The molecule has 0 rings (SSSR count). The molecule has 0 aromatic carbocycles. The lowest BCUT2D eigenvalue weighted by Crippen LogP contribution is -1.90. The maximum atomic E-state index is 9.60. The zero-order valence-corrected chi connectivity index (χ0v) is 7.36. The molecule has 0 saturated carbocycles. The summed E-state index contributed by atoms with van der Waals surface area (Å²) in [4.78, 5) is 18.0. The van der Waals surface area contributed by atoms with Gasteiger partial charge in [0.1, 0.15) is 0 Å². The highest BCUT2D eigenvalue weighted by molar-refractivity contribution is 5.66. The van der Waals surface area contributed by atoms with E-state index in [2.05, 4.69) is 0 Å². The Morgan fingerprint density at radius 1 is 1.42 bits per heavy atom. The average Bonchev–Trinajstić information content (AvgIpc) is 1.89. The number of carboxylic acid groups (broad SMARTS) is 2. The quantitative estimate of drug-likeness (QED) is 0.540. The molecule has 0 spiro atoms. The summed E-state index contributed by atoms with van der Waals surface area (Å²) in [5, 5.41) is 22.4. The zero-order chi connectivity index (χ0) is 10.4. The van der Waals surface area contributed by atoms with Gasteiger partial charge in [-0.3, -0.25) is 9.59 Å². The van der Waals surface area contributed by atoms with E-state index < -0.39 is 5.97 Å². The van der Waals surface area contributed by atoms with Gasteiger partial charge in [0.05, 0.1) is 0 Å². The lowest BCUT2D eigenvalue weighted by molar-refractivity contribution is -0.137. The van der Waals surface area contributed by atoms with Crippen molar-refractivity contribution in [2.24, 2.45) is 0 Å². The molecule has 0 unspecified atom stereocenters. The Bertz CT molecular complexity index is 91.8. The fourth-order valence-electron chi connectivity index (χ4n) is 0.214. The van der Waals surface area contributed by atoms with Crippen LogP contribution in [0.15, 0.2) is 0 Å². The normalized spacial score (nSPS) is 6.58. The summed E-state index contributed by atoms with van der Waals surface area (Å²) in [6, 6.07) is 0. The molecular weight excluding hydrogens is 164 g/mol. The lowest BCUT2D eigenvalue weighted by atomic mass is 10.4. The smallest absolute Gasteiger partial charge is 0.303 e. The molecule has 0 aliphatic carbocycles. The second-order valence-electron chi connectivity index (χ2n) is 1.57. The monoisotopic (exact) mass is 180 g/mol. The van der Waals surface area contributed by atoms with Crippen molar-refractivity contribution in [2.75, 3.05) is 6.61 Å². The molecule has 0 aromatic rings. The number of carboxylic acids is 1. The minimum Gasteiger partial charge on any atom is -0.483 e. The van der Waals surface area contributed by atoms with E-state index in [1.54, 1.807) is 6.92 Å². The Kier molecular flexibility index (Phi) is 32.1. The Labute approximate surface area is 71.6 Å². The third-order valence-corrected chi connectivity index (χ3v) is 0.464. The molecule has 0 saturated heterocycles. The van der Waals surface area contributed by atoms with E-state index in [9.17, 15) is 4.79 Å². The molecule has 0 bridgehead atoms. The van der Waals surface area contributed by atoms with Gasteiger partial charge >= 0.3 is 5.97 Å². The van der Waals surface area contributed by atoms with Crippen LogP contribution in [-0.2, 0) is 9.59 Å². The van der Waals surface area contributed by atoms with Gasteiger partial charge in [-0.25, -0.2) is 0 Å². The van der Waals surface area contributed by atoms with Gasteiger partial charge in [0, 0.05) is 13.0 Å². The zero-order valence-electron chi connectivity index (χ0n) is 7.36. The van der Waals surface area contributed by atoms with E-state index in [0.29, 0.717) is 6.42 Å². The molecule has 5 nitrogen and oxygen atoms in total. The Morgan fingerprint density at radius 2 is 1.67 bits per heavy atom. The van der Waals surface area contributed by atoms with Crippen molar-refractivity contribution in [3.05, 3.63) is 0 Å². The maximum Gasteiger partial charge on any atom is 0.303 e. The number of carbonyl (C=O) groups is 2. The molecule has 0 aromatic heterocycles. The van der Waals surface area contributed by atoms with E-state index in [4.69, 9.17) is 20.1 Å². The number of aliphatic hydroxyl groups excluding tert-OH is 1. The van der Waals surface area contributed by atoms with E-state index >= 15 is 0 Å². The van der Waals surface area contributed by atoms with Crippen molar-refractivity contribution >= 4 is 12.4 Å². The highest BCUT2D eigenvalue weighted by Crippen LogP contribution is 1.82. The number of aliphatic carboxylic acids is 1. The molecule has 5 heteroatoms. The van der Waals surface area contributed by atoms with Crippen molar-refractivity contribution in [1.29, 1.82) is 0 Å². The van der Waals surface area contributed by atoms with Crippen LogP contribution >= 0.6 is 0 Å². The molecule has 0 atom stereocenters. The number of hydrogen-bond donors (Lipinski definition) is 3. The average molecular weight is 180 g/mol. The van der Waals surface area contributed by atoms with Crippen molar-refractivity contribution in [3.8, 4) is 0 Å². The summed E-state index contributed by atoms with van der Waals surface area (Å²) >= 11 is 0. The highest BCUT2D eigenvalue weighted by Gasteiger charge is 1.87. The third kappa shape index (κ3) is 154. The molecule has 0 amide bonds. The molecule has 0 heterocycles. The maximum absolute atomic E-state index is 9.60. The van der Waals surface area contributed by atoms with Gasteiger partial charge in [-0.2, -0.15) is 0 Å². The Morgan fingerprint density at radius 3 is 1.67 bits per heavy atom. The summed E-state index contributed by atoms with van der Waals surface area (Å²) < 4.78 is 0. The largest absolute Gasteiger partial charge is 0.483 e. The summed E-state index contributed by atoms with van der Waals surface area (Å²) in [6.07, 6.45) is 1.02. The summed E-state index contributed by atoms with van der Waals surface area (Å²) in [7, 11) is 0. The van der Waals surface area contributed by atoms with Gasteiger partial charge in [0.25, 0.3) is 6.47 Å². The van der Waals surface area contributed by atoms with Crippen LogP contribution in [0.25, 0.3) is 0 Å². The minimum atomic E-state index is -0.711. The predicted molar refractivity (Wildman–Crippen MR) is 44.0 cm³/mol. The number of aliphatic hydroxyl groups is 1. The molecule has 0 aliphatic heterocycles. The van der Waals surface area contributed by atoms with Crippen LogP contribution in [0.3, 0.4) is 0 Å². The number of hydrogen-bond acceptors (Lipinski definition) is 3. The fraction of sp³-hybridized carbons (Fsp3) is 0.714. The SMILES string of the molecule is CCCC(=O)O.CCO.O=CO. The molecule has 0 fully saturated rings. The van der Waals surface area contributed by atoms with Gasteiger partial charge in [0.2, 0.25) is 0 Å². The fourth-order valence-corrected chi connectivity index (χ4v) is 0.214. The van der Waals surface area contributed by atoms with Crippen molar-refractivity contribution in [1.82, 2.24) is 0 Å². The summed E-state index contributed by atoms with van der Waals surface area (Å²) in [5.74, 6) is -0.711. The van der Waals surface area contributed by atoms with Gasteiger partial charge in [-0.15, -0.1) is 0 Å². The second-order valence-corrected chi connectivity index (χ2v) is 1.57. The Hall–Kier alpha value is -1.10. The second kappa shape index (κ2) is 22.5. The summed E-state index contributed by atoms with van der Waals surface area (Å²) in [6.45, 7) is 3.52. The third-order valence-electron chi connectivity index (χ3n) is 0.464. The first-order chi connectivity index (χ1) is 5.60. The van der Waals surface area contributed by atoms with E-state index in [0.717, 1.165) is 6.42 Å². The van der Waals surface area contributed by atoms with Gasteiger partial charge in [-0.1, -0.05) is 6.92 Å². The first kappa shape index (κ1) is 17.1. The summed E-state index contributed by atoms with van der Waals surface area (Å²) in [5.41, 5.74) is 0. The predicted octanol–water partition coefficient (Wildman–Crippen LogP) is 0.571. The molecule has 3 N–H and O–H groups in total. The van der Waals surface area contributed by atoms with Crippen LogP contribution in [-0.4, -0.2) is 34.4 Å². The highest BCUT2D eigenvalue weighted by atomic mass is 16.4. The lowest BCUT2D eigenvalue weighted by Gasteiger charge is -1.79. The van der Waals surface area contributed by atoms with Crippen LogP contribution in [0, 0.1) is 0 Å². The van der Waals surface area contributed by atoms with E-state index in [-0.39, 0.29) is 13.1 Å². The molecule has 0 radical (unpaired) electrons. The molecule has 12 heavy (non-hydrogen) atoms. The first-order valence-electron chi connectivity index (χ1n) is 3.51. The van der Waals surface area contributed by atoms with Crippen LogP contribution in [0.4, 0.5) is 0 Å². The topological polar surface area (TPSA) is 94.8 Å². The minimum absolute atomic E-state index is 0.250. The molecule has 0 aliphatic rings. The van der Waals surface area contributed by atoms with Gasteiger partial charge in [0.15, 0.2) is 0 Å². The Balaban J connectivity index is -0.000000115. The van der Waals surface area contributed by atoms with E-state index in [1.165, 1.54) is 0 Å². The van der Waals surface area contributed by atoms with Crippen LogP contribution in [0.5, 0.6) is 0 Å². The van der Waals surface area contributed by atoms with Crippen LogP contribution in [0.2, 0.25) is 0 Å². The van der Waals surface area contributed by atoms with Crippen LogP contribution < -0.4 is 0 Å². The van der Waals surface area contributed by atoms with Gasteiger partial charge in [-0.05, 0) is 13.3 Å². The van der Waals surface area contributed by atoms with Crippen LogP contribution in [0.1, 0.15) is 26.7 Å².